The smallest absolute Gasteiger partial charge is 0.264 e. The van der Waals surface area contributed by atoms with Gasteiger partial charge in [0.1, 0.15) is 0 Å². The first kappa shape index (κ1) is 33.6. The number of benzene rings is 3. The molecule has 3 aliphatic rings. The topological polar surface area (TPSA) is 121 Å². The van der Waals surface area contributed by atoms with Gasteiger partial charge in [-0.25, -0.2) is 0 Å². The maximum Gasteiger partial charge on any atom is 0.264 e. The Morgan fingerprint density at radius 3 is 2.59 bits per heavy atom. The number of nitrogens with zero attached hydrogens (tertiary/aromatic N) is 5. The lowest BCUT2D eigenvalue weighted by atomic mass is 9.82. The number of carbonyl (C=O) groups is 2. The number of carbonyl (C=O) groups excluding carboxylic acids is 2. The van der Waals surface area contributed by atoms with E-state index in [2.05, 4.69) is 10.3 Å². The molecule has 2 fully saturated rings. The van der Waals surface area contributed by atoms with E-state index >= 15 is 0 Å². The number of aliphatic hydroxyl groups is 1. The Morgan fingerprint density at radius 1 is 1.08 bits per heavy atom. The highest BCUT2D eigenvalue weighted by atomic mass is 35.5. The monoisotopic (exact) mass is 699 g/mol. The molecule has 0 aliphatic carbocycles. The van der Waals surface area contributed by atoms with Gasteiger partial charge in [-0.15, -0.1) is 5.10 Å². The van der Waals surface area contributed by atoms with Crippen molar-refractivity contribution in [3.8, 4) is 0 Å². The highest BCUT2D eigenvalue weighted by molar-refractivity contribution is 6.71. The Hall–Kier alpha value is -3.87. The number of fused-ring (bicyclic) bond motifs is 2. The van der Waals surface area contributed by atoms with Crippen LogP contribution in [0.25, 0.3) is 0 Å². The van der Waals surface area contributed by atoms with Crippen LogP contribution in [0.5, 0.6) is 0 Å². The van der Waals surface area contributed by atoms with Crippen LogP contribution in [0.3, 0.4) is 0 Å². The fourth-order valence-corrected chi connectivity index (χ4v) is 11.1. The molecule has 49 heavy (non-hydrogen) atoms. The van der Waals surface area contributed by atoms with Gasteiger partial charge in [-0.3, -0.25) is 14.3 Å². The number of hydrogen-bond donors (Lipinski definition) is 2. The van der Waals surface area contributed by atoms with Gasteiger partial charge in [0.25, 0.3) is 5.91 Å². The minimum absolute atomic E-state index is 0.0951. The zero-order valence-corrected chi connectivity index (χ0v) is 29.8. The molecule has 3 aliphatic heterocycles. The minimum Gasteiger partial charge on any atom is -0.432 e. The highest BCUT2D eigenvalue weighted by Gasteiger charge is 2.66. The Labute approximate surface area is 292 Å². The van der Waals surface area contributed by atoms with Gasteiger partial charge in [0.05, 0.1) is 36.6 Å². The largest absolute Gasteiger partial charge is 0.432 e. The van der Waals surface area contributed by atoms with E-state index in [1.165, 1.54) is 0 Å². The van der Waals surface area contributed by atoms with Crippen molar-refractivity contribution >= 4 is 43.1 Å². The molecule has 1 aromatic heterocycles. The molecule has 0 saturated carbocycles. The second kappa shape index (κ2) is 13.1. The molecular weight excluding hydrogens is 658 g/mol. The van der Waals surface area contributed by atoms with Gasteiger partial charge in [-0.1, -0.05) is 66.2 Å². The zero-order valence-electron chi connectivity index (χ0n) is 28.0. The molecule has 1 spiro atoms. The molecule has 3 aromatic carbocycles. The van der Waals surface area contributed by atoms with Gasteiger partial charge < -0.3 is 24.4 Å². The number of rotatable bonds is 10. The van der Waals surface area contributed by atoms with Crippen molar-refractivity contribution < 1.29 is 24.2 Å². The number of aromatic nitrogens is 3. The van der Waals surface area contributed by atoms with Crippen molar-refractivity contribution in [1.29, 1.82) is 0 Å². The van der Waals surface area contributed by atoms with E-state index in [1.54, 1.807) is 20.5 Å². The second-order valence-electron chi connectivity index (χ2n) is 14.1. The number of amides is 2. The number of aliphatic hydroxyl groups excluding tert-OH is 1. The Kier molecular flexibility index (Phi) is 8.99. The summed E-state index contributed by atoms with van der Waals surface area (Å²) < 4.78 is 8.72. The van der Waals surface area contributed by atoms with E-state index in [-0.39, 0.29) is 35.8 Å². The average Bonchev–Trinajstić information content (AvgIpc) is 3.84. The summed E-state index contributed by atoms with van der Waals surface area (Å²) in [5, 5.41) is 19.4. The van der Waals surface area contributed by atoms with Gasteiger partial charge in [0.2, 0.25) is 5.91 Å². The summed E-state index contributed by atoms with van der Waals surface area (Å²) in [6.07, 6.45) is 3.29. The van der Waals surface area contributed by atoms with E-state index < -0.39 is 20.0 Å². The standard InChI is InChI=1S/C37H42ClN5O5Si/c1-24-35(49(2,3)47)33(16-18-41-22-31(39-40-41)29(23-44)26-10-5-4-6-11-26)48-37(24)30-20-27(38)14-15-32(30)43(36(37)46)21-25-9-7-12-28(19-25)42-17-8-13-34(42)45/h4-7,9-12,14-15,19-20,22,24,29,33,35,44,47H,8,13,16-18,21,23H2,1-3H3/t24-,29?,33+,35-,37+/m1/s1. The highest BCUT2D eigenvalue weighted by Crippen LogP contribution is 2.60. The maximum absolute atomic E-state index is 14.8. The quantitative estimate of drug-likeness (QED) is 0.206. The first-order valence-electron chi connectivity index (χ1n) is 17.0. The van der Waals surface area contributed by atoms with Gasteiger partial charge in [-0.2, -0.15) is 0 Å². The van der Waals surface area contributed by atoms with Gasteiger partial charge in [0.15, 0.2) is 13.9 Å². The number of aryl methyl sites for hydroxylation is 1. The van der Waals surface area contributed by atoms with Crippen LogP contribution in [-0.4, -0.2) is 64.3 Å². The molecule has 10 nitrogen and oxygen atoms in total. The number of halogens is 1. The maximum atomic E-state index is 14.8. The van der Waals surface area contributed by atoms with Crippen LogP contribution in [0.2, 0.25) is 23.7 Å². The summed E-state index contributed by atoms with van der Waals surface area (Å²) in [6, 6.07) is 23.0. The molecule has 1 unspecified atom stereocenters. The zero-order chi connectivity index (χ0) is 34.5. The molecule has 4 aromatic rings. The average molecular weight is 700 g/mol. The van der Waals surface area contributed by atoms with Crippen molar-refractivity contribution in [1.82, 2.24) is 15.0 Å². The summed E-state index contributed by atoms with van der Waals surface area (Å²) in [4.78, 5) is 42.6. The normalized spacial score (nSPS) is 24.3. The van der Waals surface area contributed by atoms with E-state index in [9.17, 15) is 19.5 Å². The summed E-state index contributed by atoms with van der Waals surface area (Å²) in [5.41, 5.74) is 3.22. The van der Waals surface area contributed by atoms with Crippen LogP contribution in [0.15, 0.2) is 79.0 Å². The molecule has 2 N–H and O–H groups in total. The molecule has 4 heterocycles. The summed E-state index contributed by atoms with van der Waals surface area (Å²) in [5.74, 6) is -0.698. The van der Waals surface area contributed by atoms with Gasteiger partial charge in [-0.05, 0) is 67.4 Å². The second-order valence-corrected chi connectivity index (χ2v) is 18.5. The van der Waals surface area contributed by atoms with Crippen LogP contribution >= 0.6 is 11.6 Å². The summed E-state index contributed by atoms with van der Waals surface area (Å²) in [7, 11) is -2.88. The molecule has 2 saturated heterocycles. The summed E-state index contributed by atoms with van der Waals surface area (Å²) in [6.45, 7) is 7.18. The van der Waals surface area contributed by atoms with Crippen molar-refractivity contribution in [3.05, 3.63) is 106 Å². The lowest BCUT2D eigenvalue weighted by Crippen LogP contribution is -2.46. The molecular formula is C37H42ClN5O5Si. The minimum atomic E-state index is -2.88. The third-order valence-corrected chi connectivity index (χ3v) is 13.3. The van der Waals surface area contributed by atoms with E-state index in [1.807, 2.05) is 92.9 Å². The number of hydrogen-bond acceptors (Lipinski definition) is 7. The van der Waals surface area contributed by atoms with Gasteiger partial charge in [0, 0.05) is 53.4 Å². The van der Waals surface area contributed by atoms with E-state index in [4.69, 9.17) is 16.3 Å². The lowest BCUT2D eigenvalue weighted by Gasteiger charge is -2.32. The third kappa shape index (κ3) is 6.01. The van der Waals surface area contributed by atoms with Crippen LogP contribution in [0, 0.1) is 5.92 Å². The first-order valence-corrected chi connectivity index (χ1v) is 20.4. The lowest BCUT2D eigenvalue weighted by molar-refractivity contribution is -0.146. The summed E-state index contributed by atoms with van der Waals surface area (Å²) >= 11 is 6.58. The van der Waals surface area contributed by atoms with E-state index in [0.717, 1.165) is 28.9 Å². The Balaban J connectivity index is 1.17. The first-order chi connectivity index (χ1) is 23.5. The molecule has 5 atom stereocenters. The predicted molar refractivity (Wildman–Crippen MR) is 190 cm³/mol. The number of anilines is 2. The van der Waals surface area contributed by atoms with Crippen molar-refractivity contribution in [2.24, 2.45) is 5.92 Å². The SMILES string of the molecule is C[C@@H]1[C@@H]([Si](C)(C)O)[C@H](CCn2cc(C(CO)c3ccccc3)nn2)O[C@@]12C(=O)N(Cc1cccc(N3CCCC3=O)c1)c1ccc(Cl)cc12. The fraction of sp³-hybridized carbons (Fsp3) is 0.405. The molecule has 0 radical (unpaired) electrons. The molecule has 7 rings (SSSR count). The Bertz CT molecular complexity index is 1870. The fourth-order valence-electron chi connectivity index (χ4n) is 8.30. The van der Waals surface area contributed by atoms with Crippen LogP contribution in [0.1, 0.15) is 54.5 Å². The van der Waals surface area contributed by atoms with Crippen LogP contribution < -0.4 is 9.80 Å². The molecule has 2 amide bonds. The Morgan fingerprint density at radius 2 is 1.88 bits per heavy atom. The van der Waals surface area contributed by atoms with Crippen LogP contribution in [-0.2, 0) is 33.0 Å². The van der Waals surface area contributed by atoms with Gasteiger partial charge >= 0.3 is 0 Å². The van der Waals surface area contributed by atoms with E-state index in [0.29, 0.717) is 48.8 Å². The predicted octanol–water partition coefficient (Wildman–Crippen LogP) is 5.62. The van der Waals surface area contributed by atoms with Crippen molar-refractivity contribution in [3.63, 3.8) is 0 Å². The number of ether oxygens (including phenoxy) is 1. The molecule has 0 bridgehead atoms. The van der Waals surface area contributed by atoms with Crippen molar-refractivity contribution in [2.75, 3.05) is 23.0 Å². The molecule has 256 valence electrons. The molecule has 12 heteroatoms. The third-order valence-electron chi connectivity index (χ3n) is 10.5. The van der Waals surface area contributed by atoms with Crippen LogP contribution in [0.4, 0.5) is 11.4 Å². The van der Waals surface area contributed by atoms with Crippen molar-refractivity contribution in [2.45, 2.75) is 75.5 Å².